The average Bonchev–Trinajstić information content (AvgIpc) is 2.16. The quantitative estimate of drug-likeness (QED) is 0.695. The van der Waals surface area contributed by atoms with Crippen molar-refractivity contribution in [1.82, 2.24) is 5.32 Å². The van der Waals surface area contributed by atoms with Gasteiger partial charge >= 0.3 is 0 Å². The van der Waals surface area contributed by atoms with Gasteiger partial charge in [0.2, 0.25) is 0 Å². The molecular weight excluding hydrogens is 174 g/mol. The molecule has 1 heterocycles. The van der Waals surface area contributed by atoms with E-state index in [0.717, 1.165) is 18.4 Å². The van der Waals surface area contributed by atoms with Crippen molar-refractivity contribution in [3.8, 4) is 0 Å². The molecule has 0 aromatic heterocycles. The molecule has 1 saturated heterocycles. The molecule has 14 heavy (non-hydrogen) atoms. The first kappa shape index (κ1) is 10.4. The van der Waals surface area contributed by atoms with Gasteiger partial charge in [-0.25, -0.2) is 0 Å². The summed E-state index contributed by atoms with van der Waals surface area (Å²) in [6.45, 7) is 7.81. The van der Waals surface area contributed by atoms with Crippen LogP contribution in [-0.2, 0) is 4.74 Å². The number of rotatable bonds is 1. The third-order valence-corrected chi connectivity index (χ3v) is 4.00. The Kier molecular flexibility index (Phi) is 3.13. The fourth-order valence-corrected chi connectivity index (χ4v) is 3.05. The highest BCUT2D eigenvalue weighted by Gasteiger charge is 2.37. The summed E-state index contributed by atoms with van der Waals surface area (Å²) in [7, 11) is 0. The minimum Gasteiger partial charge on any atom is -0.375 e. The van der Waals surface area contributed by atoms with E-state index in [1.165, 1.54) is 19.3 Å². The number of hydrogen-bond donors (Lipinski definition) is 1. The first-order valence-electron chi connectivity index (χ1n) is 6.08. The molecule has 1 unspecified atom stereocenters. The Bertz CT molecular complexity index is 195. The van der Waals surface area contributed by atoms with Crippen molar-refractivity contribution in [2.24, 2.45) is 11.8 Å². The van der Waals surface area contributed by atoms with Crippen molar-refractivity contribution < 1.29 is 4.74 Å². The van der Waals surface area contributed by atoms with Gasteiger partial charge in [-0.3, -0.25) is 0 Å². The number of morpholine rings is 1. The van der Waals surface area contributed by atoms with Crippen molar-refractivity contribution in [3.63, 3.8) is 0 Å². The molecule has 1 saturated carbocycles. The summed E-state index contributed by atoms with van der Waals surface area (Å²) >= 11 is 0. The van der Waals surface area contributed by atoms with Crippen LogP contribution in [0, 0.1) is 11.8 Å². The summed E-state index contributed by atoms with van der Waals surface area (Å²) in [4.78, 5) is 0. The van der Waals surface area contributed by atoms with E-state index in [-0.39, 0.29) is 0 Å². The van der Waals surface area contributed by atoms with Crippen LogP contribution in [0.3, 0.4) is 0 Å². The van der Waals surface area contributed by atoms with Gasteiger partial charge in [0.05, 0.1) is 12.7 Å². The molecule has 2 rings (SSSR count). The van der Waals surface area contributed by atoms with Gasteiger partial charge in [0.25, 0.3) is 0 Å². The predicted molar refractivity (Wildman–Crippen MR) is 58.3 cm³/mol. The fourth-order valence-electron chi connectivity index (χ4n) is 3.05. The van der Waals surface area contributed by atoms with E-state index in [0.29, 0.717) is 18.2 Å². The summed E-state index contributed by atoms with van der Waals surface area (Å²) in [6, 6.07) is 1.16. The minimum atomic E-state index is 0.493. The molecule has 0 amide bonds. The molecule has 82 valence electrons. The van der Waals surface area contributed by atoms with Crippen molar-refractivity contribution in [2.75, 3.05) is 6.61 Å². The van der Waals surface area contributed by atoms with Crippen LogP contribution < -0.4 is 5.32 Å². The topological polar surface area (TPSA) is 21.3 Å². The van der Waals surface area contributed by atoms with Gasteiger partial charge in [-0.1, -0.05) is 20.3 Å². The Morgan fingerprint density at radius 2 is 2.07 bits per heavy atom. The van der Waals surface area contributed by atoms with Gasteiger partial charge in [-0.2, -0.15) is 0 Å². The molecule has 1 N–H and O–H groups in total. The smallest absolute Gasteiger partial charge is 0.0731 e. The molecule has 5 atom stereocenters. The molecule has 2 nitrogen and oxygen atoms in total. The van der Waals surface area contributed by atoms with E-state index in [4.69, 9.17) is 4.74 Å². The summed E-state index contributed by atoms with van der Waals surface area (Å²) in [5.74, 6) is 1.74. The highest BCUT2D eigenvalue weighted by molar-refractivity contribution is 4.92. The van der Waals surface area contributed by atoms with Crippen molar-refractivity contribution in [2.45, 2.75) is 58.2 Å². The van der Waals surface area contributed by atoms with Gasteiger partial charge in [0.15, 0.2) is 0 Å². The maximum absolute atomic E-state index is 5.91. The Morgan fingerprint density at radius 3 is 2.79 bits per heavy atom. The maximum atomic E-state index is 5.91. The number of nitrogens with one attached hydrogen (secondary N) is 1. The first-order chi connectivity index (χ1) is 6.70. The average molecular weight is 197 g/mol. The molecule has 0 bridgehead atoms. The van der Waals surface area contributed by atoms with Crippen LogP contribution in [-0.4, -0.2) is 24.8 Å². The predicted octanol–water partition coefficient (Wildman–Crippen LogP) is 2.19. The molecule has 1 aliphatic carbocycles. The maximum Gasteiger partial charge on any atom is 0.0731 e. The zero-order chi connectivity index (χ0) is 10.1. The highest BCUT2D eigenvalue weighted by Crippen LogP contribution is 2.35. The number of hydrogen-bond acceptors (Lipinski definition) is 2. The van der Waals surface area contributed by atoms with Crippen LogP contribution in [0.25, 0.3) is 0 Å². The van der Waals surface area contributed by atoms with E-state index < -0.39 is 0 Å². The number of ether oxygens (including phenoxy) is 1. The second-order valence-electron chi connectivity index (χ2n) is 5.16. The molecular formula is C12H23NO. The molecule has 2 heteroatoms. The fraction of sp³-hybridized carbons (Fsp3) is 1.00. The van der Waals surface area contributed by atoms with Gasteiger partial charge in [-0.15, -0.1) is 0 Å². The lowest BCUT2D eigenvalue weighted by atomic mass is 9.74. The zero-order valence-electron chi connectivity index (χ0n) is 9.62. The van der Waals surface area contributed by atoms with Crippen LogP contribution in [0.4, 0.5) is 0 Å². The summed E-state index contributed by atoms with van der Waals surface area (Å²) < 4.78 is 5.91. The molecule has 2 fully saturated rings. The molecule has 0 aromatic carbocycles. The Hall–Kier alpha value is -0.0800. The first-order valence-corrected chi connectivity index (χ1v) is 6.08. The molecule has 2 aliphatic rings. The van der Waals surface area contributed by atoms with Crippen LogP contribution in [0.2, 0.25) is 0 Å². The molecule has 0 aromatic rings. The Balaban J connectivity index is 1.97. The van der Waals surface area contributed by atoms with Crippen molar-refractivity contribution in [3.05, 3.63) is 0 Å². The lowest BCUT2D eigenvalue weighted by Crippen LogP contribution is -2.56. The van der Waals surface area contributed by atoms with E-state index in [9.17, 15) is 0 Å². The van der Waals surface area contributed by atoms with Crippen LogP contribution in [0.5, 0.6) is 0 Å². The standard InChI is InChI=1S/C12H23NO/c1-4-10-6-12-11(5-8(10)2)13-9(3)7-14-12/h8-13H,4-7H2,1-3H3/t8-,9-,10+,11?,12-/m1/s1. The Labute approximate surface area is 87.4 Å². The molecule has 0 spiro atoms. The summed E-state index contributed by atoms with van der Waals surface area (Å²) in [5, 5.41) is 3.67. The van der Waals surface area contributed by atoms with Crippen molar-refractivity contribution in [1.29, 1.82) is 0 Å². The van der Waals surface area contributed by atoms with Gasteiger partial charge in [0, 0.05) is 12.1 Å². The van der Waals surface area contributed by atoms with Gasteiger partial charge in [0.1, 0.15) is 0 Å². The van der Waals surface area contributed by atoms with Crippen LogP contribution in [0.15, 0.2) is 0 Å². The van der Waals surface area contributed by atoms with E-state index in [1.54, 1.807) is 0 Å². The SMILES string of the molecule is CC[C@H]1C[C@H]2OC[C@@H](C)NC2C[C@H]1C. The third-order valence-electron chi connectivity index (χ3n) is 4.00. The van der Waals surface area contributed by atoms with Gasteiger partial charge in [-0.05, 0) is 31.6 Å². The Morgan fingerprint density at radius 1 is 1.29 bits per heavy atom. The van der Waals surface area contributed by atoms with E-state index in [1.807, 2.05) is 0 Å². The largest absolute Gasteiger partial charge is 0.375 e. The highest BCUT2D eigenvalue weighted by atomic mass is 16.5. The van der Waals surface area contributed by atoms with Crippen LogP contribution in [0.1, 0.15) is 40.0 Å². The molecule has 1 aliphatic heterocycles. The van der Waals surface area contributed by atoms with E-state index >= 15 is 0 Å². The number of fused-ring (bicyclic) bond motifs is 1. The second kappa shape index (κ2) is 4.19. The molecule has 0 radical (unpaired) electrons. The van der Waals surface area contributed by atoms with E-state index in [2.05, 4.69) is 26.1 Å². The lowest BCUT2D eigenvalue weighted by Gasteiger charge is -2.44. The minimum absolute atomic E-state index is 0.493. The monoisotopic (exact) mass is 197 g/mol. The van der Waals surface area contributed by atoms with Gasteiger partial charge < -0.3 is 10.1 Å². The zero-order valence-corrected chi connectivity index (χ0v) is 9.62. The lowest BCUT2D eigenvalue weighted by molar-refractivity contribution is -0.0663. The summed E-state index contributed by atoms with van der Waals surface area (Å²) in [6.07, 6.45) is 4.37. The third kappa shape index (κ3) is 1.96. The van der Waals surface area contributed by atoms with Crippen LogP contribution >= 0.6 is 0 Å². The van der Waals surface area contributed by atoms with Crippen molar-refractivity contribution >= 4 is 0 Å². The summed E-state index contributed by atoms with van der Waals surface area (Å²) in [5.41, 5.74) is 0. The normalized spacial score (nSPS) is 48.6. The second-order valence-corrected chi connectivity index (χ2v) is 5.16.